The predicted molar refractivity (Wildman–Crippen MR) is 78.4 cm³/mol. The first-order valence-electron chi connectivity index (χ1n) is 7.21. The fourth-order valence-electron chi connectivity index (χ4n) is 2.57. The second-order valence-corrected chi connectivity index (χ2v) is 6.08. The molecule has 0 saturated carbocycles. The van der Waals surface area contributed by atoms with Crippen molar-refractivity contribution in [1.29, 1.82) is 0 Å². The molecule has 0 bridgehead atoms. The molecule has 0 heterocycles. The number of alkyl halides is 3. The van der Waals surface area contributed by atoms with Gasteiger partial charge >= 0.3 is 12.1 Å². The van der Waals surface area contributed by atoms with Gasteiger partial charge in [0.2, 0.25) is 0 Å². The number of nitrogens with two attached hydrogens (primary N) is 1. The van der Waals surface area contributed by atoms with E-state index in [9.17, 15) is 18.0 Å². The highest BCUT2D eigenvalue weighted by molar-refractivity contribution is 5.77. The third-order valence-corrected chi connectivity index (χ3v) is 3.73. The molecule has 3 nitrogen and oxygen atoms in total. The number of aliphatic carboxylic acids is 1. The highest BCUT2D eigenvalue weighted by Crippen LogP contribution is 2.32. The Morgan fingerprint density at radius 1 is 1.32 bits per heavy atom. The van der Waals surface area contributed by atoms with E-state index in [2.05, 4.69) is 0 Å². The lowest BCUT2D eigenvalue weighted by Gasteiger charge is -2.23. The van der Waals surface area contributed by atoms with Crippen LogP contribution in [0.25, 0.3) is 0 Å². The number of benzene rings is 1. The van der Waals surface area contributed by atoms with Gasteiger partial charge in [-0.25, -0.2) is 0 Å². The van der Waals surface area contributed by atoms with Gasteiger partial charge in [-0.3, -0.25) is 4.79 Å². The van der Waals surface area contributed by atoms with Crippen LogP contribution in [0.5, 0.6) is 0 Å². The lowest BCUT2D eigenvalue weighted by atomic mass is 9.87. The zero-order valence-corrected chi connectivity index (χ0v) is 12.8. The van der Waals surface area contributed by atoms with E-state index in [0.29, 0.717) is 25.7 Å². The van der Waals surface area contributed by atoms with Gasteiger partial charge in [0.15, 0.2) is 0 Å². The SMILES string of the molecule is C[C@@H](CCCc1ccccc1C(F)(F)F)C[C@@](C)(N)C(=O)O. The normalized spacial score (nSPS) is 16.1. The first kappa shape index (κ1) is 18.5. The first-order chi connectivity index (χ1) is 10.0. The Hall–Kier alpha value is -1.56. The van der Waals surface area contributed by atoms with Crippen molar-refractivity contribution < 1.29 is 23.1 Å². The van der Waals surface area contributed by atoms with Gasteiger partial charge in [0.05, 0.1) is 5.56 Å². The van der Waals surface area contributed by atoms with Crippen molar-refractivity contribution in [2.24, 2.45) is 11.7 Å². The van der Waals surface area contributed by atoms with Crippen LogP contribution in [0.1, 0.15) is 44.2 Å². The van der Waals surface area contributed by atoms with Gasteiger partial charge in [-0.2, -0.15) is 13.2 Å². The summed E-state index contributed by atoms with van der Waals surface area (Å²) in [5, 5.41) is 8.97. The molecule has 0 aromatic heterocycles. The highest BCUT2D eigenvalue weighted by atomic mass is 19.4. The molecule has 1 rings (SSSR count). The summed E-state index contributed by atoms with van der Waals surface area (Å²) in [6.45, 7) is 3.31. The van der Waals surface area contributed by atoms with E-state index in [0.717, 1.165) is 6.07 Å². The summed E-state index contributed by atoms with van der Waals surface area (Å²) in [6, 6.07) is 5.54. The van der Waals surface area contributed by atoms with Crippen LogP contribution in [-0.4, -0.2) is 16.6 Å². The number of carboxylic acids is 1. The molecule has 22 heavy (non-hydrogen) atoms. The Bertz CT molecular complexity index is 512. The molecule has 3 N–H and O–H groups in total. The summed E-state index contributed by atoms with van der Waals surface area (Å²) in [4.78, 5) is 11.0. The maximum atomic E-state index is 12.9. The van der Waals surface area contributed by atoms with E-state index in [-0.39, 0.29) is 11.5 Å². The summed E-state index contributed by atoms with van der Waals surface area (Å²) >= 11 is 0. The first-order valence-corrected chi connectivity index (χ1v) is 7.21. The zero-order chi connectivity index (χ0) is 17.0. The lowest BCUT2D eigenvalue weighted by molar-refractivity contribution is -0.143. The van der Waals surface area contributed by atoms with Gasteiger partial charge in [0, 0.05) is 0 Å². The number of carbonyl (C=O) groups is 1. The zero-order valence-electron chi connectivity index (χ0n) is 12.8. The Labute approximate surface area is 128 Å². The molecule has 0 fully saturated rings. The molecule has 124 valence electrons. The average molecular weight is 317 g/mol. The van der Waals surface area contributed by atoms with Crippen LogP contribution in [0.3, 0.4) is 0 Å². The summed E-state index contributed by atoms with van der Waals surface area (Å²) < 4.78 is 38.6. The highest BCUT2D eigenvalue weighted by Gasteiger charge is 2.33. The maximum Gasteiger partial charge on any atom is 0.416 e. The molecule has 0 aliphatic carbocycles. The smallest absolute Gasteiger partial charge is 0.416 e. The second kappa shape index (κ2) is 7.13. The third-order valence-electron chi connectivity index (χ3n) is 3.73. The fourth-order valence-corrected chi connectivity index (χ4v) is 2.57. The van der Waals surface area contributed by atoms with Crippen LogP contribution in [0, 0.1) is 5.92 Å². The summed E-state index contributed by atoms with van der Waals surface area (Å²) in [5.74, 6) is -1.04. The summed E-state index contributed by atoms with van der Waals surface area (Å²) in [6.07, 6.45) is -2.55. The Morgan fingerprint density at radius 2 is 1.91 bits per heavy atom. The summed E-state index contributed by atoms with van der Waals surface area (Å²) in [5.41, 5.74) is 4.05. The van der Waals surface area contributed by atoms with Crippen LogP contribution in [0.4, 0.5) is 13.2 Å². The van der Waals surface area contributed by atoms with Crippen molar-refractivity contribution >= 4 is 5.97 Å². The molecular weight excluding hydrogens is 295 g/mol. The van der Waals surface area contributed by atoms with Crippen molar-refractivity contribution in [2.45, 2.75) is 51.2 Å². The minimum Gasteiger partial charge on any atom is -0.480 e. The molecule has 0 unspecified atom stereocenters. The van der Waals surface area contributed by atoms with Crippen LogP contribution in [-0.2, 0) is 17.4 Å². The van der Waals surface area contributed by atoms with Crippen LogP contribution < -0.4 is 5.73 Å². The number of halogens is 3. The van der Waals surface area contributed by atoms with Crippen LogP contribution in [0.2, 0.25) is 0 Å². The lowest BCUT2D eigenvalue weighted by Crippen LogP contribution is -2.46. The van der Waals surface area contributed by atoms with Crippen LogP contribution in [0.15, 0.2) is 24.3 Å². The Balaban J connectivity index is 2.57. The summed E-state index contributed by atoms with van der Waals surface area (Å²) in [7, 11) is 0. The molecule has 0 amide bonds. The molecule has 2 atom stereocenters. The molecule has 1 aromatic rings. The Kier molecular flexibility index (Phi) is 6.00. The van der Waals surface area contributed by atoms with E-state index < -0.39 is 23.2 Å². The Morgan fingerprint density at radius 3 is 2.45 bits per heavy atom. The average Bonchev–Trinajstić information content (AvgIpc) is 2.37. The standard InChI is InChI=1S/C16H22F3NO2/c1-11(10-15(2,20)14(21)22)6-5-8-12-7-3-4-9-13(12)16(17,18)19/h3-4,7,9,11H,5-6,8,10,20H2,1-2H3,(H,21,22)/t11-,15+/m0/s1. The second-order valence-electron chi connectivity index (χ2n) is 6.08. The van der Waals surface area contributed by atoms with Gasteiger partial charge < -0.3 is 10.8 Å². The molecule has 0 aliphatic rings. The van der Waals surface area contributed by atoms with Gasteiger partial charge in [0.1, 0.15) is 5.54 Å². The van der Waals surface area contributed by atoms with E-state index in [4.69, 9.17) is 10.8 Å². The molecule has 6 heteroatoms. The van der Waals surface area contributed by atoms with Crippen molar-refractivity contribution in [2.75, 3.05) is 0 Å². The number of aryl methyl sites for hydroxylation is 1. The molecule has 1 aromatic carbocycles. The van der Waals surface area contributed by atoms with Crippen molar-refractivity contribution in [3.63, 3.8) is 0 Å². The topological polar surface area (TPSA) is 63.3 Å². The molecule has 0 aliphatic heterocycles. The van der Waals surface area contributed by atoms with E-state index in [1.807, 2.05) is 6.92 Å². The minimum absolute atomic E-state index is 0.0316. The van der Waals surface area contributed by atoms with E-state index in [1.165, 1.54) is 19.1 Å². The van der Waals surface area contributed by atoms with Gasteiger partial charge in [-0.1, -0.05) is 31.5 Å². The molecule has 0 spiro atoms. The third kappa shape index (κ3) is 5.33. The minimum atomic E-state index is -4.35. The van der Waals surface area contributed by atoms with Gasteiger partial charge in [0.25, 0.3) is 0 Å². The molecular formula is C16H22F3NO2. The van der Waals surface area contributed by atoms with E-state index >= 15 is 0 Å². The number of carboxylic acid groups (broad SMARTS) is 1. The molecule has 0 radical (unpaired) electrons. The van der Waals surface area contributed by atoms with E-state index in [1.54, 1.807) is 6.07 Å². The maximum absolute atomic E-state index is 12.9. The monoisotopic (exact) mass is 317 g/mol. The van der Waals surface area contributed by atoms with Crippen molar-refractivity contribution in [3.8, 4) is 0 Å². The largest absolute Gasteiger partial charge is 0.480 e. The number of hydrogen-bond acceptors (Lipinski definition) is 2. The molecule has 0 saturated heterocycles. The fraction of sp³-hybridized carbons (Fsp3) is 0.562. The predicted octanol–water partition coefficient (Wildman–Crippen LogP) is 3.86. The van der Waals surface area contributed by atoms with Gasteiger partial charge in [-0.05, 0) is 43.7 Å². The number of rotatable bonds is 7. The van der Waals surface area contributed by atoms with Gasteiger partial charge in [-0.15, -0.1) is 0 Å². The quantitative estimate of drug-likeness (QED) is 0.803. The van der Waals surface area contributed by atoms with Crippen molar-refractivity contribution in [3.05, 3.63) is 35.4 Å². The van der Waals surface area contributed by atoms with Crippen molar-refractivity contribution in [1.82, 2.24) is 0 Å². The van der Waals surface area contributed by atoms with Crippen LogP contribution >= 0.6 is 0 Å². The number of hydrogen-bond donors (Lipinski definition) is 2.